The third-order valence-electron chi connectivity index (χ3n) is 6.69. The molecule has 33 heavy (non-hydrogen) atoms. The Morgan fingerprint density at radius 2 is 1.67 bits per heavy atom. The summed E-state index contributed by atoms with van der Waals surface area (Å²) < 4.78 is 4.95. The molecule has 186 valence electrons. The van der Waals surface area contributed by atoms with Gasteiger partial charge in [0.25, 0.3) is 5.91 Å². The Morgan fingerprint density at radius 1 is 1.09 bits per heavy atom. The molecule has 0 aromatic carbocycles. The van der Waals surface area contributed by atoms with Gasteiger partial charge in [0, 0.05) is 24.9 Å². The van der Waals surface area contributed by atoms with Crippen molar-refractivity contribution >= 4 is 41.1 Å². The summed E-state index contributed by atoms with van der Waals surface area (Å²) in [5, 5.41) is 15.2. The maximum Gasteiger partial charge on any atom is 0.352 e. The predicted molar refractivity (Wildman–Crippen MR) is 129 cm³/mol. The lowest BCUT2D eigenvalue weighted by atomic mass is 9.91. The molecule has 2 heterocycles. The number of carbonyl (C=O) groups is 3. The average molecular weight is 502 g/mol. The lowest BCUT2D eigenvalue weighted by molar-refractivity contribution is -0.150. The van der Waals surface area contributed by atoms with E-state index in [1.54, 1.807) is 0 Å². The molecule has 3 N–H and O–H groups in total. The minimum absolute atomic E-state index is 0.0445. The number of fused-ring (bicyclic) bond motifs is 1. The Balaban J connectivity index is 0.000000203. The number of ether oxygens (including phenoxy) is 1. The lowest BCUT2D eigenvalue weighted by Crippen LogP contribution is -2.70. The summed E-state index contributed by atoms with van der Waals surface area (Å²) in [5.74, 6) is -1.85. The molecule has 0 aromatic heterocycles. The highest BCUT2D eigenvalue weighted by Crippen LogP contribution is 2.40. The number of hydrogen-bond donors (Lipinski definition) is 3. The number of alkyl halides is 1. The van der Waals surface area contributed by atoms with Crippen molar-refractivity contribution in [2.45, 2.75) is 87.7 Å². The molecule has 4 aliphatic rings. The van der Waals surface area contributed by atoms with Crippen LogP contribution in [0.5, 0.6) is 0 Å². The number of rotatable bonds is 7. The number of nitrogens with zero attached hydrogens (tertiary/aromatic N) is 1. The first-order valence-electron chi connectivity index (χ1n) is 12.0. The van der Waals surface area contributed by atoms with E-state index >= 15 is 0 Å². The van der Waals surface area contributed by atoms with E-state index in [0.29, 0.717) is 11.3 Å². The topological polar surface area (TPSA) is 108 Å². The minimum Gasteiger partial charge on any atom is -0.477 e. The molecule has 2 saturated carbocycles. The van der Waals surface area contributed by atoms with Crippen molar-refractivity contribution in [1.82, 2.24) is 15.5 Å². The van der Waals surface area contributed by atoms with E-state index in [4.69, 9.17) is 16.3 Å². The number of nitrogens with one attached hydrogen (secondary N) is 2. The first kappa shape index (κ1) is 26.3. The van der Waals surface area contributed by atoms with E-state index in [1.807, 2.05) is 0 Å². The SMILES string of the molecule is C1CCC(NC2CCCCC2)CC1.COCC1=C(C(=O)O)N2C(=O)C(NC(=O)CCl)[C@H]2SC1. The summed E-state index contributed by atoms with van der Waals surface area (Å²) in [6, 6.07) is 1.03. The molecule has 3 fully saturated rings. The van der Waals surface area contributed by atoms with Gasteiger partial charge in [-0.2, -0.15) is 0 Å². The Labute approximate surface area is 205 Å². The van der Waals surface area contributed by atoms with Crippen molar-refractivity contribution in [3.63, 3.8) is 0 Å². The van der Waals surface area contributed by atoms with Crippen LogP contribution in [0.2, 0.25) is 0 Å². The van der Waals surface area contributed by atoms with Crippen LogP contribution in [0.3, 0.4) is 0 Å². The van der Waals surface area contributed by atoms with Crippen molar-refractivity contribution in [2.24, 2.45) is 0 Å². The Hall–Kier alpha value is -1.29. The fourth-order valence-corrected chi connectivity index (χ4v) is 6.46. The largest absolute Gasteiger partial charge is 0.477 e. The zero-order chi connectivity index (χ0) is 23.8. The summed E-state index contributed by atoms with van der Waals surface area (Å²) in [7, 11) is 1.46. The zero-order valence-corrected chi connectivity index (χ0v) is 20.9. The first-order valence-corrected chi connectivity index (χ1v) is 13.5. The third kappa shape index (κ3) is 6.87. The smallest absolute Gasteiger partial charge is 0.352 e. The number of hydrogen-bond acceptors (Lipinski definition) is 6. The summed E-state index contributed by atoms with van der Waals surface area (Å²) in [4.78, 5) is 35.8. The van der Waals surface area contributed by atoms with Crippen LogP contribution in [0.15, 0.2) is 11.3 Å². The molecular weight excluding hydrogens is 466 g/mol. The number of halogens is 1. The second-order valence-corrected chi connectivity index (χ2v) is 10.5. The quantitative estimate of drug-likeness (QED) is 0.363. The predicted octanol–water partition coefficient (Wildman–Crippen LogP) is 2.85. The molecule has 2 aliphatic heterocycles. The number of methoxy groups -OCH3 is 1. The van der Waals surface area contributed by atoms with Crippen molar-refractivity contribution in [3.8, 4) is 0 Å². The Bertz CT molecular complexity index is 722. The van der Waals surface area contributed by atoms with Gasteiger partial charge in [-0.25, -0.2) is 4.79 Å². The molecule has 0 bridgehead atoms. The number of carboxylic acids is 1. The highest BCUT2D eigenvalue weighted by molar-refractivity contribution is 8.00. The van der Waals surface area contributed by atoms with Crippen LogP contribution in [0.4, 0.5) is 0 Å². The minimum atomic E-state index is -1.17. The van der Waals surface area contributed by atoms with Gasteiger partial charge in [-0.05, 0) is 31.3 Å². The Morgan fingerprint density at radius 3 is 2.15 bits per heavy atom. The zero-order valence-electron chi connectivity index (χ0n) is 19.3. The van der Waals surface area contributed by atoms with Crippen LogP contribution < -0.4 is 10.6 Å². The molecule has 0 aromatic rings. The third-order valence-corrected chi connectivity index (χ3v) is 8.27. The van der Waals surface area contributed by atoms with Gasteiger partial charge in [0.1, 0.15) is 23.0 Å². The van der Waals surface area contributed by atoms with Gasteiger partial charge in [-0.3, -0.25) is 14.5 Å². The van der Waals surface area contributed by atoms with E-state index in [9.17, 15) is 19.5 Å². The second kappa shape index (κ2) is 13.0. The van der Waals surface area contributed by atoms with Gasteiger partial charge in [-0.15, -0.1) is 23.4 Å². The number of carboxylic acid groups (broad SMARTS) is 1. The fourth-order valence-electron chi connectivity index (χ4n) is 5.05. The molecule has 2 amide bonds. The van der Waals surface area contributed by atoms with Crippen LogP contribution in [-0.2, 0) is 19.1 Å². The van der Waals surface area contributed by atoms with Crippen molar-refractivity contribution < 1.29 is 24.2 Å². The van der Waals surface area contributed by atoms with E-state index in [0.717, 1.165) is 12.1 Å². The highest BCUT2D eigenvalue weighted by atomic mass is 35.5. The van der Waals surface area contributed by atoms with Gasteiger partial charge in [0.05, 0.1) is 6.61 Å². The molecular formula is C23H36ClN3O5S. The van der Waals surface area contributed by atoms with Gasteiger partial charge in [-0.1, -0.05) is 38.5 Å². The van der Waals surface area contributed by atoms with Crippen LogP contribution in [0.25, 0.3) is 0 Å². The summed E-state index contributed by atoms with van der Waals surface area (Å²) in [6.07, 6.45) is 14.6. The molecule has 0 spiro atoms. The molecule has 10 heteroatoms. The maximum absolute atomic E-state index is 12.0. The van der Waals surface area contributed by atoms with Crippen LogP contribution in [-0.4, -0.2) is 76.6 Å². The van der Waals surface area contributed by atoms with Crippen molar-refractivity contribution in [2.75, 3.05) is 25.3 Å². The first-order chi connectivity index (χ1) is 16.0. The van der Waals surface area contributed by atoms with E-state index in [1.165, 1.54) is 88.0 Å². The van der Waals surface area contributed by atoms with E-state index < -0.39 is 29.2 Å². The number of β-lactam (4-membered cyclic amide) rings is 1. The van der Waals surface area contributed by atoms with Gasteiger partial charge in [0.15, 0.2) is 0 Å². The van der Waals surface area contributed by atoms with Crippen LogP contribution >= 0.6 is 23.4 Å². The van der Waals surface area contributed by atoms with Gasteiger partial charge < -0.3 is 20.5 Å². The second-order valence-electron chi connectivity index (χ2n) is 9.12. The van der Waals surface area contributed by atoms with Gasteiger partial charge >= 0.3 is 5.97 Å². The van der Waals surface area contributed by atoms with Crippen molar-refractivity contribution in [1.29, 1.82) is 0 Å². The lowest BCUT2D eigenvalue weighted by Gasteiger charge is -2.49. The number of thioether (sulfide) groups is 1. The highest BCUT2D eigenvalue weighted by Gasteiger charge is 2.54. The summed E-state index contributed by atoms with van der Waals surface area (Å²) >= 11 is 6.77. The molecule has 1 unspecified atom stereocenters. The normalized spacial score (nSPS) is 26.1. The van der Waals surface area contributed by atoms with Crippen molar-refractivity contribution in [3.05, 3.63) is 11.3 Å². The fraction of sp³-hybridized carbons (Fsp3) is 0.783. The molecule has 2 aliphatic carbocycles. The molecule has 8 nitrogen and oxygen atoms in total. The van der Waals surface area contributed by atoms with Crippen LogP contribution in [0.1, 0.15) is 64.2 Å². The number of amides is 2. The van der Waals surface area contributed by atoms with E-state index in [2.05, 4.69) is 10.6 Å². The monoisotopic (exact) mass is 501 g/mol. The van der Waals surface area contributed by atoms with E-state index in [-0.39, 0.29) is 18.2 Å². The average Bonchev–Trinajstić information content (AvgIpc) is 2.83. The maximum atomic E-state index is 12.0. The Kier molecular flexibility index (Phi) is 10.3. The molecule has 1 saturated heterocycles. The summed E-state index contributed by atoms with van der Waals surface area (Å²) in [5.41, 5.74) is 0.508. The molecule has 4 rings (SSSR count). The van der Waals surface area contributed by atoms with Crippen LogP contribution in [0, 0.1) is 0 Å². The standard InChI is InChI=1S/C12H23N.C11H13ClN2O5S/c1-3-7-11(8-4-1)13-12-9-5-2-6-10-12;1-19-3-5-4-20-10-7(13-6(15)2-12)9(16)14(10)8(5)11(17)18/h11-13H,1-10H2;7,10H,2-4H2,1H3,(H,13,15)(H,17,18)/t;7?,10-/m.1/s1. The number of aliphatic carboxylic acids is 1. The molecule has 2 atom stereocenters. The summed E-state index contributed by atoms with van der Waals surface area (Å²) in [6.45, 7) is 0.157. The van der Waals surface area contributed by atoms with Gasteiger partial charge in [0.2, 0.25) is 5.91 Å². The molecule has 0 radical (unpaired) electrons. The number of carbonyl (C=O) groups excluding carboxylic acids is 2.